The van der Waals surface area contributed by atoms with E-state index in [9.17, 15) is 13.2 Å². The lowest BCUT2D eigenvalue weighted by Gasteiger charge is -2.11. The van der Waals surface area contributed by atoms with Crippen LogP contribution in [0.1, 0.15) is 30.6 Å². The predicted molar refractivity (Wildman–Crippen MR) is 113 cm³/mol. The molecule has 0 radical (unpaired) electrons. The fourth-order valence-corrected chi connectivity index (χ4v) is 2.91. The largest absolute Gasteiger partial charge is 0.494 e. The molecule has 0 aliphatic rings. The molecule has 150 valence electrons. The van der Waals surface area contributed by atoms with Crippen molar-refractivity contribution in [3.63, 3.8) is 0 Å². The van der Waals surface area contributed by atoms with Gasteiger partial charge >= 0.3 is 0 Å². The molecule has 0 aliphatic carbocycles. The number of primary sulfonamides is 1. The Balaban J connectivity index is 1.88. The molecular formula is C19H23N3O4S2. The van der Waals surface area contributed by atoms with Crippen LogP contribution in [-0.4, -0.2) is 26.0 Å². The maximum Gasteiger partial charge on any atom is 0.257 e. The van der Waals surface area contributed by atoms with Crippen LogP contribution in [0.25, 0.3) is 0 Å². The normalized spacial score (nSPS) is 11.1. The average Bonchev–Trinajstić information content (AvgIpc) is 2.61. The molecule has 0 atom stereocenters. The van der Waals surface area contributed by atoms with Crippen LogP contribution in [0.4, 0.5) is 5.69 Å². The smallest absolute Gasteiger partial charge is 0.257 e. The number of carbonyl (C=O) groups excluding carboxylic acids is 1. The zero-order valence-electron chi connectivity index (χ0n) is 15.6. The summed E-state index contributed by atoms with van der Waals surface area (Å²) in [4.78, 5) is 12.3. The van der Waals surface area contributed by atoms with E-state index in [0.29, 0.717) is 29.5 Å². The molecule has 2 rings (SSSR count). The van der Waals surface area contributed by atoms with E-state index in [4.69, 9.17) is 22.1 Å². The van der Waals surface area contributed by atoms with Gasteiger partial charge in [-0.3, -0.25) is 10.1 Å². The van der Waals surface area contributed by atoms with Crippen LogP contribution in [0.3, 0.4) is 0 Å². The highest BCUT2D eigenvalue weighted by Gasteiger charge is 2.10. The molecule has 0 bridgehead atoms. The minimum absolute atomic E-state index is 0.0105. The second-order valence-corrected chi connectivity index (χ2v) is 8.50. The van der Waals surface area contributed by atoms with E-state index >= 15 is 0 Å². The zero-order valence-corrected chi connectivity index (χ0v) is 17.3. The fourth-order valence-electron chi connectivity index (χ4n) is 2.18. The number of sulfonamides is 1. The van der Waals surface area contributed by atoms with E-state index in [2.05, 4.69) is 24.5 Å². The Morgan fingerprint density at radius 1 is 1.11 bits per heavy atom. The first-order chi connectivity index (χ1) is 13.1. The molecule has 4 N–H and O–H groups in total. The quantitative estimate of drug-likeness (QED) is 0.593. The number of nitrogens with one attached hydrogen (secondary N) is 2. The summed E-state index contributed by atoms with van der Waals surface area (Å²) in [5.74, 6) is 0.898. The Bertz CT molecular complexity index is 925. The fraction of sp³-hybridized carbons (Fsp3) is 0.263. The number of nitrogens with two attached hydrogens (primary N) is 1. The van der Waals surface area contributed by atoms with E-state index in [1.54, 1.807) is 24.3 Å². The number of carbonyl (C=O) groups is 1. The standard InChI is InChI=1S/C19H23N3O4S2/c1-13(2)11-12-26-16-7-3-14(4-8-16)18(23)22-19(27)21-15-5-9-17(10-6-15)28(20,24)25/h3-10,13H,11-12H2,1-2H3,(H2,20,24,25)(H2,21,22,23,27). The second-order valence-electron chi connectivity index (χ2n) is 6.53. The molecule has 0 aliphatic heterocycles. The van der Waals surface area contributed by atoms with Crippen molar-refractivity contribution in [2.75, 3.05) is 11.9 Å². The van der Waals surface area contributed by atoms with Gasteiger partial charge in [-0.1, -0.05) is 13.8 Å². The Morgan fingerprint density at radius 2 is 1.71 bits per heavy atom. The van der Waals surface area contributed by atoms with Gasteiger partial charge in [0, 0.05) is 11.3 Å². The summed E-state index contributed by atoms with van der Waals surface area (Å²) in [7, 11) is -3.76. The number of amides is 1. The van der Waals surface area contributed by atoms with Crippen molar-refractivity contribution in [1.29, 1.82) is 0 Å². The first kappa shape index (κ1) is 21.8. The van der Waals surface area contributed by atoms with Crippen molar-refractivity contribution >= 4 is 38.9 Å². The Kier molecular flexibility index (Phi) is 7.50. The van der Waals surface area contributed by atoms with Gasteiger partial charge in [-0.15, -0.1) is 0 Å². The summed E-state index contributed by atoms with van der Waals surface area (Å²) in [5, 5.41) is 10.5. The molecule has 0 fully saturated rings. The lowest BCUT2D eigenvalue weighted by molar-refractivity contribution is 0.0977. The zero-order chi connectivity index (χ0) is 20.7. The lowest BCUT2D eigenvalue weighted by atomic mass is 10.1. The molecule has 0 saturated heterocycles. The number of ether oxygens (including phenoxy) is 1. The van der Waals surface area contributed by atoms with Gasteiger partial charge in [-0.2, -0.15) is 0 Å². The molecule has 0 heterocycles. The molecule has 1 amide bonds. The van der Waals surface area contributed by atoms with Crippen molar-refractivity contribution < 1.29 is 17.9 Å². The topological polar surface area (TPSA) is 111 Å². The summed E-state index contributed by atoms with van der Waals surface area (Å²) in [6.07, 6.45) is 0.959. The van der Waals surface area contributed by atoms with E-state index in [1.165, 1.54) is 24.3 Å². The van der Waals surface area contributed by atoms with Crippen LogP contribution in [-0.2, 0) is 10.0 Å². The van der Waals surface area contributed by atoms with Gasteiger partial charge in [-0.25, -0.2) is 13.6 Å². The third-order valence-electron chi connectivity index (χ3n) is 3.75. The van der Waals surface area contributed by atoms with Gasteiger partial charge in [-0.05, 0) is 73.1 Å². The third kappa shape index (κ3) is 6.91. The van der Waals surface area contributed by atoms with Crippen molar-refractivity contribution in [3.05, 3.63) is 54.1 Å². The molecule has 0 spiro atoms. The lowest BCUT2D eigenvalue weighted by Crippen LogP contribution is -2.34. The molecule has 2 aromatic carbocycles. The first-order valence-electron chi connectivity index (χ1n) is 8.63. The average molecular weight is 422 g/mol. The molecule has 0 saturated carbocycles. The molecule has 9 heteroatoms. The summed E-state index contributed by atoms with van der Waals surface area (Å²) in [6.45, 7) is 4.88. The van der Waals surface area contributed by atoms with Crippen molar-refractivity contribution in [3.8, 4) is 5.75 Å². The number of anilines is 1. The molecule has 0 unspecified atom stereocenters. The maximum absolute atomic E-state index is 12.3. The highest BCUT2D eigenvalue weighted by molar-refractivity contribution is 7.89. The summed E-state index contributed by atoms with van der Waals surface area (Å²) in [6, 6.07) is 12.5. The highest BCUT2D eigenvalue weighted by Crippen LogP contribution is 2.14. The number of rotatable bonds is 7. The minimum Gasteiger partial charge on any atom is -0.494 e. The monoisotopic (exact) mass is 421 g/mol. The molecule has 7 nitrogen and oxygen atoms in total. The Hall–Kier alpha value is -2.49. The molecule has 2 aromatic rings. The van der Waals surface area contributed by atoms with Crippen LogP contribution in [0.2, 0.25) is 0 Å². The van der Waals surface area contributed by atoms with Crippen molar-refractivity contribution in [2.24, 2.45) is 11.1 Å². The molecular weight excluding hydrogens is 398 g/mol. The molecule has 0 aromatic heterocycles. The number of thiocarbonyl (C=S) groups is 1. The van der Waals surface area contributed by atoms with Crippen molar-refractivity contribution in [1.82, 2.24) is 5.32 Å². The Labute approximate surface area is 170 Å². The maximum atomic E-state index is 12.3. The van der Waals surface area contributed by atoms with Gasteiger partial charge in [0.15, 0.2) is 5.11 Å². The van der Waals surface area contributed by atoms with Crippen molar-refractivity contribution in [2.45, 2.75) is 25.2 Å². The SMILES string of the molecule is CC(C)CCOc1ccc(C(=O)NC(=S)Nc2ccc(S(N)(=O)=O)cc2)cc1. The summed E-state index contributed by atoms with van der Waals surface area (Å²) >= 11 is 5.12. The number of benzene rings is 2. The third-order valence-corrected chi connectivity index (χ3v) is 4.88. The van der Waals surface area contributed by atoms with Gasteiger partial charge in [0.05, 0.1) is 11.5 Å². The van der Waals surface area contributed by atoms with Crippen LogP contribution in [0, 0.1) is 5.92 Å². The van der Waals surface area contributed by atoms with E-state index < -0.39 is 10.0 Å². The van der Waals surface area contributed by atoms with Gasteiger partial charge in [0.25, 0.3) is 5.91 Å². The summed E-state index contributed by atoms with van der Waals surface area (Å²) in [5.41, 5.74) is 0.955. The minimum atomic E-state index is -3.76. The van der Waals surface area contributed by atoms with Gasteiger partial charge in [0.1, 0.15) is 5.75 Å². The van der Waals surface area contributed by atoms with Crippen LogP contribution in [0.5, 0.6) is 5.75 Å². The summed E-state index contributed by atoms with van der Waals surface area (Å²) < 4.78 is 28.1. The highest BCUT2D eigenvalue weighted by atomic mass is 32.2. The van der Waals surface area contributed by atoms with E-state index in [1.807, 2.05) is 0 Å². The number of hydrogen-bond donors (Lipinski definition) is 3. The van der Waals surface area contributed by atoms with E-state index in [0.717, 1.165) is 6.42 Å². The van der Waals surface area contributed by atoms with Gasteiger partial charge < -0.3 is 10.1 Å². The Morgan fingerprint density at radius 3 is 2.25 bits per heavy atom. The van der Waals surface area contributed by atoms with Crippen LogP contribution < -0.4 is 20.5 Å². The van der Waals surface area contributed by atoms with Gasteiger partial charge in [0.2, 0.25) is 10.0 Å². The second kappa shape index (κ2) is 9.63. The van der Waals surface area contributed by atoms with Crippen LogP contribution in [0.15, 0.2) is 53.4 Å². The molecule has 28 heavy (non-hydrogen) atoms. The number of hydrogen-bond acceptors (Lipinski definition) is 5. The van der Waals surface area contributed by atoms with Crippen LogP contribution >= 0.6 is 12.2 Å². The van der Waals surface area contributed by atoms with E-state index in [-0.39, 0.29) is 15.9 Å². The first-order valence-corrected chi connectivity index (χ1v) is 10.6. The predicted octanol–water partition coefficient (Wildman–Crippen LogP) is 2.89.